The molecule has 0 radical (unpaired) electrons. The number of nitrogens with zero attached hydrogens (tertiary/aromatic N) is 1. The van der Waals surface area contributed by atoms with Crippen molar-refractivity contribution >= 4 is 17.2 Å². The molecule has 0 saturated heterocycles. The SMILES string of the molecule is CC(NC(=O)c1ccc(=O)[nH]c1)c1nc(C(C)(C)C)cs1. The van der Waals surface area contributed by atoms with E-state index >= 15 is 0 Å². The van der Waals surface area contributed by atoms with Gasteiger partial charge in [0.05, 0.1) is 17.3 Å². The summed E-state index contributed by atoms with van der Waals surface area (Å²) < 4.78 is 0. The van der Waals surface area contributed by atoms with Crippen LogP contribution in [0, 0.1) is 0 Å². The number of rotatable bonds is 3. The van der Waals surface area contributed by atoms with Crippen molar-refractivity contribution in [3.8, 4) is 0 Å². The number of hydrogen-bond donors (Lipinski definition) is 2. The van der Waals surface area contributed by atoms with E-state index in [2.05, 4.69) is 36.1 Å². The van der Waals surface area contributed by atoms with Gasteiger partial charge in [-0.1, -0.05) is 20.8 Å². The molecular formula is C15H19N3O2S. The van der Waals surface area contributed by atoms with Crippen molar-refractivity contribution in [3.63, 3.8) is 0 Å². The third kappa shape index (κ3) is 3.78. The summed E-state index contributed by atoms with van der Waals surface area (Å²) in [6.45, 7) is 8.22. The van der Waals surface area contributed by atoms with Crippen molar-refractivity contribution in [1.82, 2.24) is 15.3 Å². The predicted molar refractivity (Wildman–Crippen MR) is 83.8 cm³/mol. The van der Waals surface area contributed by atoms with E-state index in [4.69, 9.17) is 0 Å². The van der Waals surface area contributed by atoms with Crippen molar-refractivity contribution in [1.29, 1.82) is 0 Å². The fraction of sp³-hybridized carbons (Fsp3) is 0.400. The zero-order valence-corrected chi connectivity index (χ0v) is 13.4. The van der Waals surface area contributed by atoms with Crippen molar-refractivity contribution in [3.05, 3.63) is 50.3 Å². The number of nitrogens with one attached hydrogen (secondary N) is 2. The molecule has 0 aliphatic heterocycles. The van der Waals surface area contributed by atoms with Crippen LogP contribution in [0.15, 0.2) is 28.5 Å². The van der Waals surface area contributed by atoms with E-state index in [1.165, 1.54) is 18.3 Å². The Morgan fingerprint density at radius 3 is 2.62 bits per heavy atom. The number of hydrogen-bond acceptors (Lipinski definition) is 4. The summed E-state index contributed by atoms with van der Waals surface area (Å²) in [7, 11) is 0. The fourth-order valence-electron chi connectivity index (χ4n) is 1.72. The zero-order valence-electron chi connectivity index (χ0n) is 12.6. The minimum atomic E-state index is -0.230. The maximum Gasteiger partial charge on any atom is 0.253 e. The lowest BCUT2D eigenvalue weighted by atomic mass is 9.93. The van der Waals surface area contributed by atoms with Gasteiger partial charge >= 0.3 is 0 Å². The Morgan fingerprint density at radius 1 is 1.38 bits per heavy atom. The maximum absolute atomic E-state index is 12.1. The largest absolute Gasteiger partial charge is 0.343 e. The molecule has 2 aromatic heterocycles. The van der Waals surface area contributed by atoms with Gasteiger partial charge in [-0.15, -0.1) is 11.3 Å². The van der Waals surface area contributed by atoms with Gasteiger partial charge in [0.25, 0.3) is 5.91 Å². The molecule has 0 aliphatic rings. The Hall–Kier alpha value is -1.95. The van der Waals surface area contributed by atoms with Crippen LogP contribution in [0.2, 0.25) is 0 Å². The quantitative estimate of drug-likeness (QED) is 0.915. The Kier molecular flexibility index (Phi) is 4.27. The predicted octanol–water partition coefficient (Wildman–Crippen LogP) is 2.62. The number of aromatic nitrogens is 2. The molecular weight excluding hydrogens is 286 g/mol. The van der Waals surface area contributed by atoms with E-state index in [-0.39, 0.29) is 22.9 Å². The molecule has 1 amide bonds. The summed E-state index contributed by atoms with van der Waals surface area (Å²) >= 11 is 1.54. The highest BCUT2D eigenvalue weighted by molar-refractivity contribution is 7.09. The summed E-state index contributed by atoms with van der Waals surface area (Å²) in [5.41, 5.74) is 1.22. The normalized spacial score (nSPS) is 13.0. The maximum atomic E-state index is 12.1. The topological polar surface area (TPSA) is 74.8 Å². The van der Waals surface area contributed by atoms with Gasteiger partial charge in [0, 0.05) is 23.1 Å². The van der Waals surface area contributed by atoms with Gasteiger partial charge in [-0.25, -0.2) is 4.98 Å². The summed E-state index contributed by atoms with van der Waals surface area (Å²) in [6.07, 6.45) is 1.41. The first-order valence-electron chi connectivity index (χ1n) is 6.73. The van der Waals surface area contributed by atoms with Gasteiger partial charge in [-0.3, -0.25) is 9.59 Å². The molecule has 2 aromatic rings. The molecule has 0 fully saturated rings. The molecule has 0 spiro atoms. The summed E-state index contributed by atoms with van der Waals surface area (Å²) in [6, 6.07) is 2.66. The number of carbonyl (C=O) groups is 1. The van der Waals surface area contributed by atoms with Gasteiger partial charge < -0.3 is 10.3 Å². The second-order valence-electron chi connectivity index (χ2n) is 5.96. The van der Waals surface area contributed by atoms with E-state index in [0.717, 1.165) is 10.7 Å². The van der Waals surface area contributed by atoms with Crippen molar-refractivity contribution in [2.24, 2.45) is 0 Å². The van der Waals surface area contributed by atoms with E-state index in [1.807, 2.05) is 12.3 Å². The molecule has 112 valence electrons. The molecule has 5 nitrogen and oxygen atoms in total. The van der Waals surface area contributed by atoms with E-state index in [0.29, 0.717) is 5.56 Å². The van der Waals surface area contributed by atoms with Crippen LogP contribution in [0.5, 0.6) is 0 Å². The lowest BCUT2D eigenvalue weighted by Gasteiger charge is -2.15. The van der Waals surface area contributed by atoms with Gasteiger partial charge in [0.1, 0.15) is 5.01 Å². The third-order valence-corrected chi connectivity index (χ3v) is 4.08. The van der Waals surface area contributed by atoms with Crippen molar-refractivity contribution in [2.45, 2.75) is 39.2 Å². The summed E-state index contributed by atoms with van der Waals surface area (Å²) in [5.74, 6) is -0.230. The number of thiazole rings is 1. The van der Waals surface area contributed by atoms with Gasteiger partial charge in [0.2, 0.25) is 5.56 Å². The second-order valence-corrected chi connectivity index (χ2v) is 6.85. The molecule has 2 N–H and O–H groups in total. The third-order valence-electron chi connectivity index (χ3n) is 3.05. The van der Waals surface area contributed by atoms with Crippen LogP contribution in [0.25, 0.3) is 0 Å². The summed E-state index contributed by atoms with van der Waals surface area (Å²) in [4.78, 5) is 30.2. The molecule has 2 heterocycles. The highest BCUT2D eigenvalue weighted by Gasteiger charge is 2.20. The van der Waals surface area contributed by atoms with Gasteiger partial charge in [-0.2, -0.15) is 0 Å². The first-order chi connectivity index (χ1) is 9.77. The first kappa shape index (κ1) is 15.4. The number of aromatic amines is 1. The number of pyridine rings is 1. The molecule has 6 heteroatoms. The number of H-pyrrole nitrogens is 1. The number of amides is 1. The second kappa shape index (κ2) is 5.81. The zero-order chi connectivity index (χ0) is 15.6. The minimum Gasteiger partial charge on any atom is -0.343 e. The standard InChI is InChI=1S/C15H19N3O2S/c1-9(14-18-11(8-21-14)15(2,3)4)17-13(20)10-5-6-12(19)16-7-10/h5-9H,1-4H3,(H,16,19)(H,17,20). The molecule has 0 aromatic carbocycles. The van der Waals surface area contributed by atoms with E-state index in [1.54, 1.807) is 11.3 Å². The smallest absolute Gasteiger partial charge is 0.253 e. The van der Waals surface area contributed by atoms with Crippen molar-refractivity contribution in [2.75, 3.05) is 0 Å². The highest BCUT2D eigenvalue weighted by atomic mass is 32.1. The molecule has 2 rings (SSSR count). The highest BCUT2D eigenvalue weighted by Crippen LogP contribution is 2.26. The van der Waals surface area contributed by atoms with E-state index < -0.39 is 0 Å². The monoisotopic (exact) mass is 305 g/mol. The lowest BCUT2D eigenvalue weighted by Crippen LogP contribution is -2.27. The van der Waals surface area contributed by atoms with Crippen LogP contribution in [-0.4, -0.2) is 15.9 Å². The molecule has 1 unspecified atom stereocenters. The van der Waals surface area contributed by atoms with Crippen LogP contribution in [-0.2, 0) is 5.41 Å². The Balaban J connectivity index is 2.09. The van der Waals surface area contributed by atoms with Crippen LogP contribution in [0.1, 0.15) is 54.8 Å². The van der Waals surface area contributed by atoms with Crippen LogP contribution < -0.4 is 10.9 Å². The van der Waals surface area contributed by atoms with E-state index in [9.17, 15) is 9.59 Å². The van der Waals surface area contributed by atoms with Gasteiger partial charge in [0.15, 0.2) is 0 Å². The Labute approximate surface area is 127 Å². The molecule has 21 heavy (non-hydrogen) atoms. The first-order valence-corrected chi connectivity index (χ1v) is 7.61. The Morgan fingerprint density at radius 2 is 2.10 bits per heavy atom. The Bertz CT molecular complexity index is 677. The summed E-state index contributed by atoms with van der Waals surface area (Å²) in [5, 5.41) is 5.78. The average Bonchev–Trinajstić information content (AvgIpc) is 2.88. The van der Waals surface area contributed by atoms with Crippen LogP contribution in [0.3, 0.4) is 0 Å². The average molecular weight is 305 g/mol. The minimum absolute atomic E-state index is 0.00258. The molecule has 0 saturated carbocycles. The molecule has 0 aliphatic carbocycles. The molecule has 1 atom stereocenters. The fourth-order valence-corrected chi connectivity index (χ4v) is 2.78. The lowest BCUT2D eigenvalue weighted by molar-refractivity contribution is 0.0939. The van der Waals surface area contributed by atoms with Crippen LogP contribution >= 0.6 is 11.3 Å². The van der Waals surface area contributed by atoms with Gasteiger partial charge in [-0.05, 0) is 13.0 Å². The number of carbonyl (C=O) groups excluding carboxylic acids is 1. The van der Waals surface area contributed by atoms with Crippen molar-refractivity contribution < 1.29 is 4.79 Å². The van der Waals surface area contributed by atoms with Crippen LogP contribution in [0.4, 0.5) is 0 Å². The molecule has 0 bridgehead atoms.